The first kappa shape index (κ1) is 14.4. The molecule has 1 fully saturated rings. The zero-order chi connectivity index (χ0) is 15.8. The molecule has 0 spiro atoms. The number of thiophene rings is 1. The van der Waals surface area contributed by atoms with Crippen molar-refractivity contribution >= 4 is 27.3 Å². The van der Waals surface area contributed by atoms with Gasteiger partial charge in [-0.1, -0.05) is 18.2 Å². The van der Waals surface area contributed by atoms with Crippen LogP contribution in [0.4, 0.5) is 0 Å². The fourth-order valence-corrected chi connectivity index (χ4v) is 4.46. The minimum absolute atomic E-state index is 0.172. The molecule has 4 rings (SSSR count). The first-order chi connectivity index (χ1) is 11.2. The van der Waals surface area contributed by atoms with Crippen molar-refractivity contribution in [2.45, 2.75) is 25.8 Å². The summed E-state index contributed by atoms with van der Waals surface area (Å²) in [5.74, 6) is 0.172. The molecule has 5 nitrogen and oxygen atoms in total. The van der Waals surface area contributed by atoms with E-state index < -0.39 is 0 Å². The number of hydrogen-bond donors (Lipinski definition) is 0. The molecule has 0 atom stereocenters. The third kappa shape index (κ3) is 2.53. The second kappa shape index (κ2) is 5.77. The van der Waals surface area contributed by atoms with E-state index in [-0.39, 0.29) is 5.91 Å². The maximum Gasteiger partial charge on any atom is 0.264 e. The third-order valence-electron chi connectivity index (χ3n) is 4.65. The Bertz CT molecular complexity index is 832. The normalized spacial score (nSPS) is 16.1. The van der Waals surface area contributed by atoms with Crippen molar-refractivity contribution in [1.82, 2.24) is 19.7 Å². The van der Waals surface area contributed by atoms with Crippen LogP contribution in [-0.4, -0.2) is 38.7 Å². The molecular weight excluding hydrogens is 308 g/mol. The van der Waals surface area contributed by atoms with Crippen LogP contribution in [0.3, 0.4) is 0 Å². The van der Waals surface area contributed by atoms with Crippen molar-refractivity contribution in [3.05, 3.63) is 47.4 Å². The maximum atomic E-state index is 12.9. The zero-order valence-corrected chi connectivity index (χ0v) is 13.8. The second-order valence-electron chi connectivity index (χ2n) is 5.98. The Hall–Kier alpha value is -2.21. The Labute approximate surface area is 138 Å². The van der Waals surface area contributed by atoms with Crippen LogP contribution in [-0.2, 0) is 0 Å². The molecule has 118 valence electrons. The van der Waals surface area contributed by atoms with Gasteiger partial charge in [-0.25, -0.2) is 0 Å². The molecule has 2 aromatic heterocycles. The summed E-state index contributed by atoms with van der Waals surface area (Å²) in [7, 11) is 0. The van der Waals surface area contributed by atoms with E-state index in [0.29, 0.717) is 6.04 Å². The van der Waals surface area contributed by atoms with E-state index in [1.807, 2.05) is 21.6 Å². The molecule has 1 saturated heterocycles. The molecule has 0 saturated carbocycles. The molecule has 1 aliphatic rings. The first-order valence-electron chi connectivity index (χ1n) is 7.85. The summed E-state index contributed by atoms with van der Waals surface area (Å²) in [6.07, 6.45) is 5.43. The van der Waals surface area contributed by atoms with E-state index in [9.17, 15) is 4.79 Å². The maximum absolute atomic E-state index is 12.9. The van der Waals surface area contributed by atoms with Crippen LogP contribution in [0.1, 0.15) is 34.1 Å². The Kier molecular flexibility index (Phi) is 3.61. The molecule has 1 amide bonds. The highest BCUT2D eigenvalue weighted by Gasteiger charge is 2.26. The fourth-order valence-electron chi connectivity index (χ4n) is 3.29. The van der Waals surface area contributed by atoms with E-state index in [4.69, 9.17) is 0 Å². The van der Waals surface area contributed by atoms with E-state index >= 15 is 0 Å². The van der Waals surface area contributed by atoms with Crippen LogP contribution >= 0.6 is 11.3 Å². The summed E-state index contributed by atoms with van der Waals surface area (Å²) in [5.41, 5.74) is 1.11. The highest BCUT2D eigenvalue weighted by Crippen LogP contribution is 2.32. The minimum atomic E-state index is 0.172. The number of fused-ring (bicyclic) bond motifs is 1. The monoisotopic (exact) mass is 326 g/mol. The van der Waals surface area contributed by atoms with Gasteiger partial charge in [-0.2, -0.15) is 0 Å². The number of carbonyl (C=O) groups is 1. The lowest BCUT2D eigenvalue weighted by Gasteiger charge is -2.32. The summed E-state index contributed by atoms with van der Waals surface area (Å²) < 4.78 is 3.24. The number of piperidine rings is 1. The molecule has 6 heteroatoms. The summed E-state index contributed by atoms with van der Waals surface area (Å²) in [4.78, 5) is 15.8. The number of aromatic nitrogens is 3. The van der Waals surface area contributed by atoms with Gasteiger partial charge in [0.1, 0.15) is 12.7 Å². The third-order valence-corrected chi connectivity index (χ3v) is 5.91. The quantitative estimate of drug-likeness (QED) is 0.726. The van der Waals surface area contributed by atoms with E-state index in [1.54, 1.807) is 24.0 Å². The number of nitrogens with zero attached hydrogens (tertiary/aromatic N) is 4. The van der Waals surface area contributed by atoms with Gasteiger partial charge in [-0.15, -0.1) is 21.5 Å². The van der Waals surface area contributed by atoms with Gasteiger partial charge in [-0.05, 0) is 36.8 Å². The predicted octanol–water partition coefficient (Wildman–Crippen LogP) is 3.28. The molecule has 0 N–H and O–H groups in total. The largest absolute Gasteiger partial charge is 0.338 e. The van der Waals surface area contributed by atoms with E-state index in [2.05, 4.69) is 29.3 Å². The predicted molar refractivity (Wildman–Crippen MR) is 90.8 cm³/mol. The molecule has 0 aliphatic carbocycles. The van der Waals surface area contributed by atoms with Crippen molar-refractivity contribution in [3.63, 3.8) is 0 Å². The van der Waals surface area contributed by atoms with Crippen LogP contribution in [0, 0.1) is 6.92 Å². The second-order valence-corrected chi connectivity index (χ2v) is 7.04. The number of carbonyl (C=O) groups excluding carboxylic acids is 1. The average molecular weight is 326 g/mol. The average Bonchev–Trinajstić information content (AvgIpc) is 3.23. The van der Waals surface area contributed by atoms with Crippen LogP contribution < -0.4 is 0 Å². The molecule has 0 radical (unpaired) electrons. The topological polar surface area (TPSA) is 51.0 Å². The van der Waals surface area contributed by atoms with E-state index in [1.165, 1.54) is 10.1 Å². The summed E-state index contributed by atoms with van der Waals surface area (Å²) >= 11 is 1.61. The lowest BCUT2D eigenvalue weighted by atomic mass is 10.0. The van der Waals surface area contributed by atoms with Gasteiger partial charge < -0.3 is 9.47 Å². The summed E-state index contributed by atoms with van der Waals surface area (Å²) in [5, 5.41) is 8.93. The molecule has 1 aliphatic heterocycles. The zero-order valence-electron chi connectivity index (χ0n) is 13.0. The van der Waals surface area contributed by atoms with Gasteiger partial charge in [-0.3, -0.25) is 4.79 Å². The number of amides is 1. The molecule has 0 bridgehead atoms. The van der Waals surface area contributed by atoms with Crippen molar-refractivity contribution < 1.29 is 4.79 Å². The van der Waals surface area contributed by atoms with Crippen molar-refractivity contribution in [2.75, 3.05) is 13.1 Å². The lowest BCUT2D eigenvalue weighted by Crippen LogP contribution is -2.38. The van der Waals surface area contributed by atoms with Crippen LogP contribution in [0.15, 0.2) is 36.9 Å². The standard InChI is InChI=1S/C17H18N4OS/c1-12-14-4-2-3-5-15(14)23-16(12)17(22)20-8-6-13(7-9-20)21-10-18-19-11-21/h2-5,10-11,13H,6-9H2,1H3. The van der Waals surface area contributed by atoms with Gasteiger partial charge in [0.15, 0.2) is 0 Å². The minimum Gasteiger partial charge on any atom is -0.338 e. The highest BCUT2D eigenvalue weighted by atomic mass is 32.1. The van der Waals surface area contributed by atoms with Crippen molar-refractivity contribution in [3.8, 4) is 0 Å². The summed E-state index contributed by atoms with van der Waals surface area (Å²) in [6, 6.07) is 8.63. The number of rotatable bonds is 2. The summed E-state index contributed by atoms with van der Waals surface area (Å²) in [6.45, 7) is 3.63. The number of likely N-dealkylation sites (tertiary alicyclic amines) is 1. The SMILES string of the molecule is Cc1c(C(=O)N2CCC(n3cnnc3)CC2)sc2ccccc12. The fraction of sp³-hybridized carbons (Fsp3) is 0.353. The Morgan fingerprint density at radius 1 is 1.17 bits per heavy atom. The molecule has 0 unspecified atom stereocenters. The highest BCUT2D eigenvalue weighted by molar-refractivity contribution is 7.21. The van der Waals surface area contributed by atoms with Gasteiger partial charge in [0.2, 0.25) is 0 Å². The van der Waals surface area contributed by atoms with Gasteiger partial charge in [0.05, 0.1) is 4.88 Å². The number of benzene rings is 1. The Morgan fingerprint density at radius 3 is 2.57 bits per heavy atom. The van der Waals surface area contributed by atoms with Crippen LogP contribution in [0.5, 0.6) is 0 Å². The number of hydrogen-bond acceptors (Lipinski definition) is 4. The Morgan fingerprint density at radius 2 is 1.87 bits per heavy atom. The van der Waals surface area contributed by atoms with Gasteiger partial charge in [0.25, 0.3) is 5.91 Å². The first-order valence-corrected chi connectivity index (χ1v) is 8.67. The molecule has 3 aromatic rings. The van der Waals surface area contributed by atoms with Crippen LogP contribution in [0.2, 0.25) is 0 Å². The molecule has 3 heterocycles. The molecule has 1 aromatic carbocycles. The lowest BCUT2D eigenvalue weighted by molar-refractivity contribution is 0.0699. The van der Waals surface area contributed by atoms with Crippen molar-refractivity contribution in [1.29, 1.82) is 0 Å². The molecular formula is C17H18N4OS. The van der Waals surface area contributed by atoms with Crippen molar-refractivity contribution in [2.24, 2.45) is 0 Å². The molecule has 23 heavy (non-hydrogen) atoms. The van der Waals surface area contributed by atoms with Gasteiger partial charge in [0, 0.05) is 23.8 Å². The smallest absolute Gasteiger partial charge is 0.264 e. The number of aryl methyl sites for hydroxylation is 1. The van der Waals surface area contributed by atoms with E-state index in [0.717, 1.165) is 36.4 Å². The van der Waals surface area contributed by atoms with Gasteiger partial charge >= 0.3 is 0 Å². The Balaban J connectivity index is 1.52. The van der Waals surface area contributed by atoms with Crippen LogP contribution in [0.25, 0.3) is 10.1 Å².